The van der Waals surface area contributed by atoms with Gasteiger partial charge < -0.3 is 0 Å². The molecule has 126 valence electrons. The van der Waals surface area contributed by atoms with Gasteiger partial charge in [0.05, 0.1) is 24.3 Å². The van der Waals surface area contributed by atoms with E-state index in [1.165, 1.54) is 5.57 Å². The molecule has 3 rings (SSSR count). The molecule has 0 aromatic carbocycles. The maximum Gasteiger partial charge on any atom is 0.140 e. The molecule has 1 saturated carbocycles. The highest BCUT2D eigenvalue weighted by Crippen LogP contribution is 2.57. The van der Waals surface area contributed by atoms with Gasteiger partial charge in [0.25, 0.3) is 0 Å². The number of nitrogens with zero attached hydrogens (tertiary/aromatic N) is 4. The van der Waals surface area contributed by atoms with Crippen molar-refractivity contribution in [2.75, 3.05) is 0 Å². The first-order chi connectivity index (χ1) is 12.2. The van der Waals surface area contributed by atoms with E-state index < -0.39 is 11.8 Å². The van der Waals surface area contributed by atoms with Crippen molar-refractivity contribution in [3.8, 4) is 24.3 Å². The number of fused-ring (bicyclic) bond motifs is 2. The minimum absolute atomic E-state index is 0.00763. The van der Waals surface area contributed by atoms with Crippen LogP contribution < -0.4 is 0 Å². The molecule has 4 heteroatoms. The molecule has 0 saturated heterocycles. The maximum absolute atomic E-state index is 9.58. The zero-order chi connectivity index (χ0) is 18.0. The summed E-state index contributed by atoms with van der Waals surface area (Å²) in [5.74, 6) is -0.542. The van der Waals surface area contributed by atoms with Gasteiger partial charge in [-0.25, -0.2) is 0 Å². The molecule has 3 aliphatic carbocycles. The van der Waals surface area contributed by atoms with Crippen LogP contribution in [0, 0.1) is 92.7 Å². The van der Waals surface area contributed by atoms with E-state index in [4.69, 9.17) is 0 Å². The first kappa shape index (κ1) is 17.3. The number of hydrogen-bond donors (Lipinski definition) is 0. The van der Waals surface area contributed by atoms with Crippen molar-refractivity contribution in [1.82, 2.24) is 0 Å². The Bertz CT molecular complexity index is 723. The molecule has 0 bridgehead atoms. The Morgan fingerprint density at radius 1 is 1.00 bits per heavy atom. The quantitative estimate of drug-likeness (QED) is 0.712. The molecule has 0 N–H and O–H groups in total. The van der Waals surface area contributed by atoms with E-state index in [0.29, 0.717) is 5.92 Å². The lowest BCUT2D eigenvalue weighted by molar-refractivity contribution is 0.0615. The molecule has 4 nitrogen and oxygen atoms in total. The predicted molar refractivity (Wildman–Crippen MR) is 91.7 cm³/mol. The molecule has 0 aliphatic heterocycles. The number of allylic oxidation sites excluding steroid dienone is 4. The second-order valence-corrected chi connectivity index (χ2v) is 7.66. The van der Waals surface area contributed by atoms with E-state index in [-0.39, 0.29) is 29.6 Å². The second kappa shape index (κ2) is 7.13. The van der Waals surface area contributed by atoms with E-state index >= 15 is 0 Å². The molecule has 6 unspecified atom stereocenters. The Kier molecular flexibility index (Phi) is 4.93. The summed E-state index contributed by atoms with van der Waals surface area (Å²) in [4.78, 5) is 0. The lowest BCUT2D eigenvalue weighted by Crippen LogP contribution is -2.48. The lowest BCUT2D eigenvalue weighted by atomic mass is 9.50. The van der Waals surface area contributed by atoms with Crippen LogP contribution in [0.15, 0.2) is 23.8 Å². The van der Waals surface area contributed by atoms with E-state index in [0.717, 1.165) is 25.7 Å². The molecule has 25 heavy (non-hydrogen) atoms. The molecule has 3 aliphatic rings. The number of hydrogen-bond acceptors (Lipinski definition) is 4. The molecule has 6 atom stereocenters. The molecule has 0 aromatic rings. The normalized spacial score (nSPS) is 36.2. The number of nitriles is 4. The van der Waals surface area contributed by atoms with Crippen molar-refractivity contribution in [2.45, 2.75) is 32.6 Å². The Morgan fingerprint density at radius 3 is 2.32 bits per heavy atom. The van der Waals surface area contributed by atoms with Crippen LogP contribution in [0.5, 0.6) is 0 Å². The average molecular weight is 330 g/mol. The third-order valence-electron chi connectivity index (χ3n) is 6.39. The van der Waals surface area contributed by atoms with Crippen molar-refractivity contribution in [2.24, 2.45) is 47.3 Å². The third kappa shape index (κ3) is 2.84. The molecule has 0 spiro atoms. The largest absolute Gasteiger partial charge is 0.197 e. The molecule has 0 amide bonds. The summed E-state index contributed by atoms with van der Waals surface area (Å²) in [7, 11) is 0. The summed E-state index contributed by atoms with van der Waals surface area (Å²) < 4.78 is 0. The molecular weight excluding hydrogens is 308 g/mol. The zero-order valence-electron chi connectivity index (χ0n) is 14.5. The van der Waals surface area contributed by atoms with Gasteiger partial charge >= 0.3 is 0 Å². The van der Waals surface area contributed by atoms with Crippen LogP contribution in [-0.4, -0.2) is 0 Å². The van der Waals surface area contributed by atoms with Crippen molar-refractivity contribution in [1.29, 1.82) is 21.0 Å². The van der Waals surface area contributed by atoms with Gasteiger partial charge in [0, 0.05) is 5.92 Å². The Labute approximate surface area is 149 Å². The third-order valence-corrected chi connectivity index (χ3v) is 6.39. The van der Waals surface area contributed by atoms with E-state index in [9.17, 15) is 21.0 Å². The minimum atomic E-state index is -0.666. The SMILES string of the molecule is CC1C=CC2C(C1)C(C(C#N)C#N)C1CCCC=C1C2C(C#N)C#N. The van der Waals surface area contributed by atoms with Crippen LogP contribution in [0.2, 0.25) is 0 Å². The summed E-state index contributed by atoms with van der Waals surface area (Å²) in [5.41, 5.74) is 1.17. The van der Waals surface area contributed by atoms with Gasteiger partial charge in [-0.2, -0.15) is 21.0 Å². The Balaban J connectivity index is 2.14. The fourth-order valence-corrected chi connectivity index (χ4v) is 5.45. The monoisotopic (exact) mass is 330 g/mol. The van der Waals surface area contributed by atoms with Crippen molar-refractivity contribution >= 4 is 0 Å². The first-order valence-electron chi connectivity index (χ1n) is 9.13. The highest BCUT2D eigenvalue weighted by Gasteiger charge is 2.52. The van der Waals surface area contributed by atoms with Crippen LogP contribution in [-0.2, 0) is 0 Å². The topological polar surface area (TPSA) is 95.2 Å². The standard InChI is InChI=1S/C21H22N4/c1-13-6-7-18-19(8-13)21(15(11-24)12-25)17-5-3-2-4-16(17)20(18)14(9-22)10-23/h4,6-7,13-15,17-21H,2-3,5,8H2,1H3. The molecule has 0 heterocycles. The second-order valence-electron chi connectivity index (χ2n) is 7.66. The summed E-state index contributed by atoms with van der Waals surface area (Å²) in [6.45, 7) is 2.16. The van der Waals surface area contributed by atoms with Gasteiger partial charge in [0.15, 0.2) is 0 Å². The molecule has 1 fully saturated rings. The van der Waals surface area contributed by atoms with Gasteiger partial charge in [-0.15, -0.1) is 0 Å². The van der Waals surface area contributed by atoms with Crippen molar-refractivity contribution in [3.63, 3.8) is 0 Å². The summed E-state index contributed by atoms with van der Waals surface area (Å²) in [5, 5.41) is 38.3. The summed E-state index contributed by atoms with van der Waals surface area (Å²) in [6.07, 6.45) is 10.4. The highest BCUT2D eigenvalue weighted by atomic mass is 14.6. The summed E-state index contributed by atoms with van der Waals surface area (Å²) in [6, 6.07) is 8.87. The fraction of sp³-hybridized carbons (Fsp3) is 0.619. The van der Waals surface area contributed by atoms with Crippen LogP contribution in [0.4, 0.5) is 0 Å². The van der Waals surface area contributed by atoms with Gasteiger partial charge in [-0.1, -0.05) is 30.7 Å². The van der Waals surface area contributed by atoms with Crippen molar-refractivity contribution in [3.05, 3.63) is 23.8 Å². The van der Waals surface area contributed by atoms with Gasteiger partial charge in [-0.05, 0) is 55.3 Å². The smallest absolute Gasteiger partial charge is 0.140 e. The van der Waals surface area contributed by atoms with Gasteiger partial charge in [0.2, 0.25) is 0 Å². The highest BCUT2D eigenvalue weighted by molar-refractivity contribution is 5.31. The lowest BCUT2D eigenvalue weighted by Gasteiger charge is -2.52. The Hall–Kier alpha value is -2.56. The summed E-state index contributed by atoms with van der Waals surface area (Å²) >= 11 is 0. The zero-order valence-corrected chi connectivity index (χ0v) is 14.5. The van der Waals surface area contributed by atoms with Gasteiger partial charge in [-0.3, -0.25) is 0 Å². The predicted octanol–water partition coefficient (Wildman–Crippen LogP) is 4.11. The molecule has 0 aromatic heterocycles. The molecular formula is C21H22N4. The number of rotatable bonds is 2. The van der Waals surface area contributed by atoms with Crippen LogP contribution in [0.25, 0.3) is 0 Å². The Morgan fingerprint density at radius 2 is 1.68 bits per heavy atom. The fourth-order valence-electron chi connectivity index (χ4n) is 5.45. The van der Waals surface area contributed by atoms with Gasteiger partial charge in [0.1, 0.15) is 11.8 Å². The van der Waals surface area contributed by atoms with E-state index in [2.05, 4.69) is 49.4 Å². The first-order valence-corrected chi connectivity index (χ1v) is 9.13. The molecule has 0 radical (unpaired) electrons. The average Bonchev–Trinajstić information content (AvgIpc) is 2.64. The van der Waals surface area contributed by atoms with E-state index in [1.807, 2.05) is 0 Å². The van der Waals surface area contributed by atoms with Crippen molar-refractivity contribution < 1.29 is 0 Å². The maximum atomic E-state index is 9.58. The van der Waals surface area contributed by atoms with E-state index in [1.54, 1.807) is 0 Å². The van der Waals surface area contributed by atoms with Crippen LogP contribution in [0.1, 0.15) is 32.6 Å². The van der Waals surface area contributed by atoms with Crippen LogP contribution >= 0.6 is 0 Å². The minimum Gasteiger partial charge on any atom is -0.197 e. The van der Waals surface area contributed by atoms with Crippen LogP contribution in [0.3, 0.4) is 0 Å².